The Labute approximate surface area is 151 Å². The maximum atomic E-state index is 12.7. The fraction of sp³-hybridized carbons (Fsp3) is 0.471. The third-order valence-corrected chi connectivity index (χ3v) is 4.01. The van der Waals surface area contributed by atoms with Crippen molar-refractivity contribution >= 4 is 29.3 Å². The zero-order valence-electron chi connectivity index (χ0n) is 14.9. The monoisotopic (exact) mass is 360 g/mol. The minimum atomic E-state index is -0.663. The van der Waals surface area contributed by atoms with Crippen molar-refractivity contribution in [3.8, 4) is 0 Å². The Kier molecular flexibility index (Phi) is 6.93. The summed E-state index contributed by atoms with van der Waals surface area (Å²) < 4.78 is 0. The number of fused-ring (bicyclic) bond motifs is 1. The number of anilines is 1. The highest BCUT2D eigenvalue weighted by Crippen LogP contribution is 2.18. The van der Waals surface area contributed by atoms with Crippen LogP contribution in [0.4, 0.5) is 5.95 Å². The van der Waals surface area contributed by atoms with Gasteiger partial charge in [-0.15, -0.1) is 10.2 Å². The zero-order chi connectivity index (χ0) is 19.1. The number of aromatic nitrogens is 3. The first-order valence-corrected chi connectivity index (χ1v) is 8.51. The number of nitrogens with two attached hydrogens (primary N) is 1. The van der Waals surface area contributed by atoms with Crippen LogP contribution >= 0.6 is 0 Å². The molecule has 140 valence electrons. The predicted molar refractivity (Wildman–Crippen MR) is 95.7 cm³/mol. The third kappa shape index (κ3) is 5.17. The molecule has 0 saturated carbocycles. The van der Waals surface area contributed by atoms with Gasteiger partial charge in [-0.25, -0.2) is 20.9 Å². The number of hydroxylamine groups is 2. The molecule has 1 aromatic carbocycles. The molecular formula is C17H24N6O3. The molecule has 0 fully saturated rings. The van der Waals surface area contributed by atoms with Crippen LogP contribution in [0.15, 0.2) is 24.3 Å². The Balaban J connectivity index is 2.16. The van der Waals surface area contributed by atoms with E-state index in [1.54, 1.807) is 18.2 Å². The first-order chi connectivity index (χ1) is 12.4. The van der Waals surface area contributed by atoms with E-state index < -0.39 is 11.8 Å². The summed E-state index contributed by atoms with van der Waals surface area (Å²) in [5, 5.41) is 18.7. The molecular weight excluding hydrogens is 336 g/mol. The second kappa shape index (κ2) is 9.16. The lowest BCUT2D eigenvalue weighted by molar-refractivity contribution is -0.154. The van der Waals surface area contributed by atoms with Gasteiger partial charge >= 0.3 is 0 Å². The lowest BCUT2D eigenvalue weighted by atomic mass is 9.97. The van der Waals surface area contributed by atoms with Crippen LogP contribution in [-0.2, 0) is 9.59 Å². The molecule has 0 aliphatic carbocycles. The lowest BCUT2D eigenvalue weighted by Crippen LogP contribution is -2.46. The lowest BCUT2D eigenvalue weighted by Gasteiger charge is -2.23. The van der Waals surface area contributed by atoms with Crippen LogP contribution < -0.4 is 10.9 Å². The van der Waals surface area contributed by atoms with Crippen LogP contribution in [-0.4, -0.2) is 44.3 Å². The van der Waals surface area contributed by atoms with E-state index in [0.29, 0.717) is 28.4 Å². The summed E-state index contributed by atoms with van der Waals surface area (Å²) in [5.41, 5.74) is 1.15. The molecule has 0 radical (unpaired) electrons. The second-order valence-corrected chi connectivity index (χ2v) is 6.56. The van der Waals surface area contributed by atoms with Crippen LogP contribution in [0, 0.1) is 11.8 Å². The van der Waals surface area contributed by atoms with E-state index in [2.05, 4.69) is 29.0 Å². The second-order valence-electron chi connectivity index (χ2n) is 6.56. The number of amides is 2. The first kappa shape index (κ1) is 19.7. The van der Waals surface area contributed by atoms with Gasteiger partial charge in [0.05, 0.1) is 18.0 Å². The van der Waals surface area contributed by atoms with Crippen molar-refractivity contribution in [2.24, 2.45) is 17.7 Å². The molecule has 1 aromatic heterocycles. The van der Waals surface area contributed by atoms with E-state index in [1.165, 1.54) is 0 Å². The number of nitrogens with zero attached hydrogens (tertiary/aromatic N) is 5. The molecule has 0 unspecified atom stereocenters. The highest BCUT2D eigenvalue weighted by Gasteiger charge is 2.27. The molecule has 0 aliphatic rings. The Morgan fingerprint density at radius 3 is 2.58 bits per heavy atom. The Bertz CT molecular complexity index is 754. The van der Waals surface area contributed by atoms with E-state index in [4.69, 9.17) is 5.84 Å². The molecule has 9 heteroatoms. The maximum absolute atomic E-state index is 12.7. The van der Waals surface area contributed by atoms with Gasteiger partial charge in [-0.2, -0.15) is 0 Å². The van der Waals surface area contributed by atoms with Gasteiger partial charge in [0.25, 0.3) is 5.95 Å². The molecule has 2 amide bonds. The van der Waals surface area contributed by atoms with E-state index in [1.807, 2.05) is 6.07 Å². The van der Waals surface area contributed by atoms with Gasteiger partial charge in [0.2, 0.25) is 12.3 Å². The van der Waals surface area contributed by atoms with E-state index in [9.17, 15) is 14.8 Å². The Morgan fingerprint density at radius 1 is 1.23 bits per heavy atom. The molecule has 2 rings (SSSR count). The summed E-state index contributed by atoms with van der Waals surface area (Å²) in [6.07, 6.45) is 2.44. The normalized spacial score (nSPS) is 12.2. The average Bonchev–Trinajstić information content (AvgIpc) is 2.65. The highest BCUT2D eigenvalue weighted by atomic mass is 16.5. The third-order valence-electron chi connectivity index (χ3n) is 4.01. The van der Waals surface area contributed by atoms with Crippen molar-refractivity contribution in [3.05, 3.63) is 24.3 Å². The molecule has 26 heavy (non-hydrogen) atoms. The molecule has 1 heterocycles. The summed E-state index contributed by atoms with van der Waals surface area (Å²) >= 11 is 0. The van der Waals surface area contributed by atoms with Crippen LogP contribution in [0.25, 0.3) is 11.0 Å². The minimum absolute atomic E-state index is 0.0295. The predicted octanol–water partition coefficient (Wildman–Crippen LogP) is 1.52. The SMILES string of the molecule is CC(C)CCC[C@H](CN(O)C=O)C(=O)N(N)c1nnc2ccccc2n1. The van der Waals surface area contributed by atoms with Crippen LogP contribution in [0.3, 0.4) is 0 Å². The Hall–Kier alpha value is -2.65. The van der Waals surface area contributed by atoms with Gasteiger partial charge in [-0.1, -0.05) is 38.8 Å². The van der Waals surface area contributed by atoms with Gasteiger partial charge in [0.15, 0.2) is 0 Å². The average molecular weight is 360 g/mol. The highest BCUT2D eigenvalue weighted by molar-refractivity contribution is 5.93. The minimum Gasteiger partial charge on any atom is -0.286 e. The number of hydrazine groups is 1. The van der Waals surface area contributed by atoms with Crippen LogP contribution in [0.2, 0.25) is 0 Å². The van der Waals surface area contributed by atoms with Crippen molar-refractivity contribution in [2.75, 3.05) is 11.6 Å². The molecule has 3 N–H and O–H groups in total. The standard InChI is InChI=1S/C17H24N6O3/c1-12(2)6-5-7-13(10-22(26)11-24)16(25)23(18)17-19-14-8-3-4-9-15(14)20-21-17/h3-4,8-9,11-13,26H,5-7,10,18H2,1-2H3/t13-/m1/s1. The zero-order valence-corrected chi connectivity index (χ0v) is 14.9. The van der Waals surface area contributed by atoms with Crippen molar-refractivity contribution in [1.82, 2.24) is 20.2 Å². The number of carbonyl (C=O) groups is 2. The number of para-hydroxylation sites is 1. The maximum Gasteiger partial charge on any atom is 0.267 e. The van der Waals surface area contributed by atoms with Crippen molar-refractivity contribution in [1.29, 1.82) is 0 Å². The molecule has 2 aromatic rings. The first-order valence-electron chi connectivity index (χ1n) is 8.51. The number of benzene rings is 1. The fourth-order valence-electron chi connectivity index (χ4n) is 2.60. The summed E-state index contributed by atoms with van der Waals surface area (Å²) in [6.45, 7) is 4.03. The van der Waals surface area contributed by atoms with Crippen LogP contribution in [0.1, 0.15) is 33.1 Å². The smallest absolute Gasteiger partial charge is 0.267 e. The molecule has 0 bridgehead atoms. The number of hydrogen-bond acceptors (Lipinski definition) is 7. The van der Waals surface area contributed by atoms with E-state index in [0.717, 1.165) is 17.9 Å². The van der Waals surface area contributed by atoms with Crippen molar-refractivity contribution < 1.29 is 14.8 Å². The molecule has 1 atom stereocenters. The summed E-state index contributed by atoms with van der Waals surface area (Å²) in [5.74, 6) is 5.23. The summed E-state index contributed by atoms with van der Waals surface area (Å²) in [4.78, 5) is 27.7. The van der Waals surface area contributed by atoms with E-state index >= 15 is 0 Å². The van der Waals surface area contributed by atoms with Gasteiger partial charge in [0, 0.05) is 0 Å². The quantitative estimate of drug-likeness (QED) is 0.228. The topological polar surface area (TPSA) is 126 Å². The van der Waals surface area contributed by atoms with Gasteiger partial charge < -0.3 is 0 Å². The van der Waals surface area contributed by atoms with Crippen molar-refractivity contribution in [2.45, 2.75) is 33.1 Å². The Morgan fingerprint density at radius 2 is 1.92 bits per heavy atom. The largest absolute Gasteiger partial charge is 0.286 e. The van der Waals surface area contributed by atoms with Crippen LogP contribution in [0.5, 0.6) is 0 Å². The number of carbonyl (C=O) groups excluding carboxylic acids is 2. The molecule has 0 saturated heterocycles. The molecule has 0 spiro atoms. The van der Waals surface area contributed by atoms with E-state index in [-0.39, 0.29) is 18.9 Å². The van der Waals surface area contributed by atoms with Gasteiger partial charge in [-0.05, 0) is 24.5 Å². The molecule has 0 aliphatic heterocycles. The number of hydrogen-bond donors (Lipinski definition) is 2. The fourth-order valence-corrected chi connectivity index (χ4v) is 2.60. The molecule has 9 nitrogen and oxygen atoms in total. The van der Waals surface area contributed by atoms with Gasteiger partial charge in [-0.3, -0.25) is 14.8 Å². The number of rotatable bonds is 9. The van der Waals surface area contributed by atoms with Crippen molar-refractivity contribution in [3.63, 3.8) is 0 Å². The van der Waals surface area contributed by atoms with Gasteiger partial charge in [0.1, 0.15) is 5.52 Å². The summed E-state index contributed by atoms with van der Waals surface area (Å²) in [6, 6.07) is 7.10. The summed E-state index contributed by atoms with van der Waals surface area (Å²) in [7, 11) is 0.